The van der Waals surface area contributed by atoms with Crippen LogP contribution in [0.1, 0.15) is 50.5 Å². The van der Waals surface area contributed by atoms with Crippen LogP contribution in [0.25, 0.3) is 6.08 Å². The molecule has 188 valence electrons. The van der Waals surface area contributed by atoms with Crippen molar-refractivity contribution >= 4 is 46.2 Å². The van der Waals surface area contributed by atoms with E-state index in [0.717, 1.165) is 42.6 Å². The Kier molecular flexibility index (Phi) is 6.74. The monoisotopic (exact) mass is 516 g/mol. The second-order valence-corrected chi connectivity index (χ2v) is 12.0. The molecule has 1 aliphatic heterocycles. The van der Waals surface area contributed by atoms with Crippen LogP contribution in [0, 0.1) is 17.8 Å². The van der Waals surface area contributed by atoms with Crippen LogP contribution in [0.4, 0.5) is 0 Å². The molecule has 4 saturated carbocycles. The Labute approximate surface area is 215 Å². The van der Waals surface area contributed by atoms with Crippen molar-refractivity contribution in [3.63, 3.8) is 0 Å². The predicted molar refractivity (Wildman–Crippen MR) is 140 cm³/mol. The molecule has 35 heavy (non-hydrogen) atoms. The van der Waals surface area contributed by atoms with Gasteiger partial charge in [-0.3, -0.25) is 14.5 Å². The van der Waals surface area contributed by atoms with E-state index >= 15 is 0 Å². The van der Waals surface area contributed by atoms with E-state index in [2.05, 4.69) is 5.32 Å². The highest BCUT2D eigenvalue weighted by Gasteiger charge is 2.51. The van der Waals surface area contributed by atoms with Crippen molar-refractivity contribution < 1.29 is 23.8 Å². The zero-order valence-electron chi connectivity index (χ0n) is 20.4. The van der Waals surface area contributed by atoms with Gasteiger partial charge in [0.1, 0.15) is 4.32 Å². The SMILES string of the molecule is COc1cc(/C=C2/SC(=S)N(CCC(=O)NC34CC5CC(CC(C5)C3)C4)C2=O)cc(OC)c1OC. The van der Waals surface area contributed by atoms with Gasteiger partial charge in [-0.2, -0.15) is 0 Å². The maximum atomic E-state index is 13.1. The minimum absolute atomic E-state index is 0.0202. The van der Waals surface area contributed by atoms with Crippen LogP contribution >= 0.6 is 24.0 Å². The highest BCUT2D eigenvalue weighted by atomic mass is 32.2. The summed E-state index contributed by atoms with van der Waals surface area (Å²) < 4.78 is 16.7. The Morgan fingerprint density at radius 3 is 2.17 bits per heavy atom. The first-order valence-corrected chi connectivity index (χ1v) is 13.4. The molecule has 1 aromatic rings. The Morgan fingerprint density at radius 1 is 1.09 bits per heavy atom. The number of thiocarbonyl (C=S) groups is 1. The van der Waals surface area contributed by atoms with Gasteiger partial charge in [0.25, 0.3) is 5.91 Å². The number of carbonyl (C=O) groups is 2. The molecule has 5 fully saturated rings. The first-order chi connectivity index (χ1) is 16.8. The molecule has 0 atom stereocenters. The molecule has 1 saturated heterocycles. The number of methoxy groups -OCH3 is 3. The van der Waals surface area contributed by atoms with Gasteiger partial charge in [0.05, 0.1) is 26.2 Å². The lowest BCUT2D eigenvalue weighted by molar-refractivity contribution is -0.127. The van der Waals surface area contributed by atoms with Crippen molar-refractivity contribution in [1.82, 2.24) is 10.2 Å². The van der Waals surface area contributed by atoms with E-state index < -0.39 is 0 Å². The number of benzene rings is 1. The Hall–Kier alpha value is -2.26. The number of amides is 2. The third kappa shape index (κ3) is 4.77. The fourth-order valence-electron chi connectivity index (χ4n) is 6.86. The van der Waals surface area contributed by atoms with Crippen molar-refractivity contribution in [3.05, 3.63) is 22.6 Å². The lowest BCUT2D eigenvalue weighted by Gasteiger charge is -2.57. The van der Waals surface area contributed by atoms with Gasteiger partial charge in [-0.05, 0) is 80.1 Å². The molecule has 2 amide bonds. The average molecular weight is 517 g/mol. The molecule has 0 spiro atoms. The molecule has 0 radical (unpaired) electrons. The summed E-state index contributed by atoms with van der Waals surface area (Å²) in [5.41, 5.74) is 0.716. The molecule has 6 rings (SSSR count). The van der Waals surface area contributed by atoms with Crippen molar-refractivity contribution in [3.8, 4) is 17.2 Å². The topological polar surface area (TPSA) is 77.1 Å². The van der Waals surface area contributed by atoms with E-state index in [1.165, 1.54) is 35.9 Å². The molecule has 5 aliphatic rings. The van der Waals surface area contributed by atoms with Crippen LogP contribution in [-0.2, 0) is 9.59 Å². The van der Waals surface area contributed by atoms with Gasteiger partial charge in [0.2, 0.25) is 11.7 Å². The van der Waals surface area contributed by atoms with Gasteiger partial charge in [0.15, 0.2) is 11.5 Å². The fraction of sp³-hybridized carbons (Fsp3) is 0.577. The molecular weight excluding hydrogens is 484 g/mol. The van der Waals surface area contributed by atoms with Crippen LogP contribution in [0.15, 0.2) is 17.0 Å². The average Bonchev–Trinajstić information content (AvgIpc) is 3.07. The van der Waals surface area contributed by atoms with Crippen molar-refractivity contribution in [1.29, 1.82) is 0 Å². The van der Waals surface area contributed by atoms with E-state index in [1.807, 2.05) is 0 Å². The number of hydrogen-bond donors (Lipinski definition) is 1. The normalized spacial score (nSPS) is 30.2. The molecule has 1 aromatic carbocycles. The molecular formula is C26H32N2O5S2. The van der Waals surface area contributed by atoms with E-state index in [-0.39, 0.29) is 30.3 Å². The van der Waals surface area contributed by atoms with E-state index in [1.54, 1.807) is 39.5 Å². The number of nitrogens with zero attached hydrogens (tertiary/aromatic N) is 1. The fourth-order valence-corrected chi connectivity index (χ4v) is 8.17. The highest BCUT2D eigenvalue weighted by Crippen LogP contribution is 2.55. The number of nitrogens with one attached hydrogen (secondary N) is 1. The summed E-state index contributed by atoms with van der Waals surface area (Å²) in [6.45, 7) is 0.287. The zero-order valence-corrected chi connectivity index (χ0v) is 22.1. The standard InChI is InChI=1S/C26H32N2O5S2/c1-31-19-9-15(10-20(32-2)23(19)33-3)11-21-24(30)28(25(34)35-21)5-4-22(29)27-26-12-16-6-17(13-26)8-18(7-16)14-26/h9-11,16-18H,4-8,12-14H2,1-3H3,(H,27,29)/b21-11+. The second-order valence-electron chi connectivity index (χ2n) is 10.3. The number of carbonyl (C=O) groups excluding carboxylic acids is 2. The third-order valence-corrected chi connectivity index (χ3v) is 9.24. The predicted octanol–water partition coefficient (Wildman–Crippen LogP) is 4.39. The summed E-state index contributed by atoms with van der Waals surface area (Å²) in [5.74, 6) is 3.66. The number of thioether (sulfide) groups is 1. The Morgan fingerprint density at radius 2 is 1.66 bits per heavy atom. The third-order valence-electron chi connectivity index (χ3n) is 7.86. The second kappa shape index (κ2) is 9.65. The summed E-state index contributed by atoms with van der Waals surface area (Å²) in [6.07, 6.45) is 9.37. The Bertz CT molecular complexity index is 1030. The van der Waals surface area contributed by atoms with E-state index in [4.69, 9.17) is 26.4 Å². The lowest BCUT2D eigenvalue weighted by Crippen LogP contribution is -2.60. The highest BCUT2D eigenvalue weighted by molar-refractivity contribution is 8.26. The van der Waals surface area contributed by atoms with Gasteiger partial charge in [0, 0.05) is 18.5 Å². The minimum atomic E-state index is -0.184. The minimum Gasteiger partial charge on any atom is -0.493 e. The molecule has 7 nitrogen and oxygen atoms in total. The van der Waals surface area contributed by atoms with Crippen LogP contribution in [0.2, 0.25) is 0 Å². The summed E-state index contributed by atoms with van der Waals surface area (Å²) in [7, 11) is 4.65. The molecule has 0 unspecified atom stereocenters. The van der Waals surface area contributed by atoms with Crippen molar-refractivity contribution in [2.75, 3.05) is 27.9 Å². The van der Waals surface area contributed by atoms with Gasteiger partial charge in [-0.15, -0.1) is 0 Å². The Balaban J connectivity index is 1.23. The molecule has 4 aliphatic carbocycles. The maximum Gasteiger partial charge on any atom is 0.266 e. The summed E-state index contributed by atoms with van der Waals surface area (Å²) in [5, 5.41) is 3.38. The molecule has 9 heteroatoms. The van der Waals surface area contributed by atoms with Gasteiger partial charge >= 0.3 is 0 Å². The van der Waals surface area contributed by atoms with Crippen LogP contribution < -0.4 is 19.5 Å². The van der Waals surface area contributed by atoms with E-state index in [9.17, 15) is 9.59 Å². The number of hydrogen-bond acceptors (Lipinski definition) is 7. The lowest BCUT2D eigenvalue weighted by atomic mass is 9.53. The van der Waals surface area contributed by atoms with Gasteiger partial charge in [-0.1, -0.05) is 24.0 Å². The van der Waals surface area contributed by atoms with E-state index in [0.29, 0.717) is 26.5 Å². The molecule has 0 aromatic heterocycles. The zero-order chi connectivity index (χ0) is 24.7. The van der Waals surface area contributed by atoms with Crippen molar-refractivity contribution in [2.45, 2.75) is 50.5 Å². The number of ether oxygens (including phenoxy) is 3. The van der Waals surface area contributed by atoms with Crippen LogP contribution in [0.3, 0.4) is 0 Å². The molecule has 4 bridgehead atoms. The van der Waals surface area contributed by atoms with Gasteiger partial charge in [-0.25, -0.2) is 0 Å². The summed E-state index contributed by atoms with van der Waals surface area (Å²) >= 11 is 6.72. The summed E-state index contributed by atoms with van der Waals surface area (Å²) in [6, 6.07) is 3.57. The van der Waals surface area contributed by atoms with Crippen LogP contribution in [0.5, 0.6) is 17.2 Å². The molecule has 1 heterocycles. The quantitative estimate of drug-likeness (QED) is 0.406. The first-order valence-electron chi connectivity index (χ1n) is 12.2. The first kappa shape index (κ1) is 24.4. The van der Waals surface area contributed by atoms with Gasteiger partial charge < -0.3 is 19.5 Å². The molecule has 1 N–H and O–H groups in total. The maximum absolute atomic E-state index is 13.1. The smallest absolute Gasteiger partial charge is 0.266 e. The summed E-state index contributed by atoms with van der Waals surface area (Å²) in [4.78, 5) is 28.1. The number of rotatable bonds is 8. The van der Waals surface area contributed by atoms with Crippen molar-refractivity contribution in [2.24, 2.45) is 17.8 Å². The van der Waals surface area contributed by atoms with Crippen LogP contribution in [-0.4, -0.2) is 54.4 Å². The largest absolute Gasteiger partial charge is 0.493 e.